The minimum absolute atomic E-state index is 0. The Balaban J connectivity index is 0.00000529. The van der Waals surface area contributed by atoms with E-state index in [0.29, 0.717) is 6.61 Å². The van der Waals surface area contributed by atoms with E-state index in [1.165, 1.54) is 0 Å². The SMILES string of the molecule is C[Si](C)(C)CCOC(=O)CC[C@H](N)C(=O)OCc1ccccc1.Cl. The summed E-state index contributed by atoms with van der Waals surface area (Å²) in [5, 5.41) is 0. The Morgan fingerprint density at radius 2 is 1.75 bits per heavy atom. The first-order valence-corrected chi connectivity index (χ1v) is 11.6. The molecule has 0 radical (unpaired) electrons. The van der Waals surface area contributed by atoms with Crippen molar-refractivity contribution in [1.82, 2.24) is 0 Å². The van der Waals surface area contributed by atoms with Crippen LogP contribution >= 0.6 is 12.4 Å². The molecule has 7 heteroatoms. The molecule has 0 saturated heterocycles. The summed E-state index contributed by atoms with van der Waals surface area (Å²) in [5.74, 6) is -0.807. The average molecular weight is 374 g/mol. The zero-order valence-electron chi connectivity index (χ0n) is 14.6. The molecule has 0 aliphatic rings. The zero-order valence-corrected chi connectivity index (χ0v) is 16.4. The van der Waals surface area contributed by atoms with Gasteiger partial charge in [-0.05, 0) is 18.0 Å². The van der Waals surface area contributed by atoms with Crippen LogP contribution in [0.1, 0.15) is 18.4 Å². The lowest BCUT2D eigenvalue weighted by Gasteiger charge is -2.15. The monoisotopic (exact) mass is 373 g/mol. The van der Waals surface area contributed by atoms with E-state index < -0.39 is 20.1 Å². The van der Waals surface area contributed by atoms with Crippen molar-refractivity contribution >= 4 is 32.4 Å². The second-order valence-electron chi connectivity index (χ2n) is 6.77. The second-order valence-corrected chi connectivity index (χ2v) is 12.4. The predicted molar refractivity (Wildman–Crippen MR) is 99.8 cm³/mol. The lowest BCUT2D eigenvalue weighted by Crippen LogP contribution is -2.33. The van der Waals surface area contributed by atoms with E-state index >= 15 is 0 Å². The van der Waals surface area contributed by atoms with Crippen LogP contribution < -0.4 is 5.73 Å². The zero-order chi connectivity index (χ0) is 17.3. The molecule has 0 amide bonds. The first-order chi connectivity index (χ1) is 10.8. The first kappa shape index (κ1) is 22.6. The molecule has 1 aromatic carbocycles. The highest BCUT2D eigenvalue weighted by atomic mass is 35.5. The Labute approximate surface area is 151 Å². The van der Waals surface area contributed by atoms with E-state index in [1.807, 2.05) is 30.3 Å². The first-order valence-electron chi connectivity index (χ1n) is 7.90. The number of rotatable bonds is 9. The number of esters is 2. The van der Waals surface area contributed by atoms with Gasteiger partial charge in [0.25, 0.3) is 0 Å². The van der Waals surface area contributed by atoms with Crippen molar-refractivity contribution in [2.45, 2.75) is 51.2 Å². The number of nitrogens with two attached hydrogens (primary N) is 1. The van der Waals surface area contributed by atoms with E-state index in [9.17, 15) is 9.59 Å². The molecule has 0 bridgehead atoms. The smallest absolute Gasteiger partial charge is 0.323 e. The molecule has 0 aliphatic carbocycles. The van der Waals surface area contributed by atoms with Crippen molar-refractivity contribution in [2.75, 3.05) is 6.61 Å². The highest BCUT2D eigenvalue weighted by Crippen LogP contribution is 2.09. The third-order valence-corrected chi connectivity index (χ3v) is 5.01. The normalized spacial score (nSPS) is 12.0. The van der Waals surface area contributed by atoms with Crippen LogP contribution in [-0.2, 0) is 25.7 Å². The van der Waals surface area contributed by atoms with Crippen LogP contribution in [0.25, 0.3) is 0 Å². The van der Waals surface area contributed by atoms with Gasteiger partial charge >= 0.3 is 11.9 Å². The molecule has 1 rings (SSSR count). The summed E-state index contributed by atoms with van der Waals surface area (Å²) in [6, 6.07) is 9.51. The van der Waals surface area contributed by atoms with Gasteiger partial charge in [-0.1, -0.05) is 50.0 Å². The van der Waals surface area contributed by atoms with E-state index in [0.717, 1.165) is 11.6 Å². The van der Waals surface area contributed by atoms with Crippen molar-refractivity contribution in [3.05, 3.63) is 35.9 Å². The molecule has 136 valence electrons. The van der Waals surface area contributed by atoms with Gasteiger partial charge in [-0.25, -0.2) is 0 Å². The van der Waals surface area contributed by atoms with Crippen LogP contribution in [0.2, 0.25) is 25.7 Å². The Morgan fingerprint density at radius 1 is 1.12 bits per heavy atom. The summed E-state index contributed by atoms with van der Waals surface area (Å²) in [6.07, 6.45) is 0.368. The molecule has 0 spiro atoms. The van der Waals surface area contributed by atoms with Crippen LogP contribution in [0, 0.1) is 0 Å². The average Bonchev–Trinajstić information content (AvgIpc) is 2.50. The number of halogens is 1. The summed E-state index contributed by atoms with van der Waals surface area (Å²) in [4.78, 5) is 23.4. The summed E-state index contributed by atoms with van der Waals surface area (Å²) >= 11 is 0. The Bertz CT molecular complexity index is 505. The number of carbonyl (C=O) groups is 2. The summed E-state index contributed by atoms with van der Waals surface area (Å²) < 4.78 is 10.3. The maximum absolute atomic E-state index is 11.8. The van der Waals surface area contributed by atoms with Crippen LogP contribution in [0.3, 0.4) is 0 Å². The van der Waals surface area contributed by atoms with Gasteiger partial charge in [0, 0.05) is 14.5 Å². The van der Waals surface area contributed by atoms with Crippen LogP contribution in [-0.4, -0.2) is 32.7 Å². The lowest BCUT2D eigenvalue weighted by atomic mass is 10.2. The molecule has 0 heterocycles. The minimum atomic E-state index is -1.21. The number of ether oxygens (including phenoxy) is 2. The fourth-order valence-electron chi connectivity index (χ4n) is 1.77. The molecule has 0 fully saturated rings. The Hall–Kier alpha value is -1.37. The van der Waals surface area contributed by atoms with Gasteiger partial charge in [-0.15, -0.1) is 12.4 Å². The molecule has 1 aromatic rings. The Morgan fingerprint density at radius 3 is 2.33 bits per heavy atom. The number of benzene rings is 1. The summed E-state index contributed by atoms with van der Waals surface area (Å²) in [7, 11) is -1.21. The maximum atomic E-state index is 11.8. The van der Waals surface area contributed by atoms with Gasteiger partial charge in [0.15, 0.2) is 0 Å². The molecular weight excluding hydrogens is 346 g/mol. The van der Waals surface area contributed by atoms with Crippen molar-refractivity contribution in [3.8, 4) is 0 Å². The number of hydrogen-bond acceptors (Lipinski definition) is 5. The van der Waals surface area contributed by atoms with Crippen molar-refractivity contribution < 1.29 is 19.1 Å². The number of carbonyl (C=O) groups excluding carboxylic acids is 2. The highest BCUT2D eigenvalue weighted by Gasteiger charge is 2.18. The van der Waals surface area contributed by atoms with Crippen molar-refractivity contribution in [3.63, 3.8) is 0 Å². The quantitative estimate of drug-likeness (QED) is 0.531. The van der Waals surface area contributed by atoms with E-state index in [4.69, 9.17) is 15.2 Å². The third-order valence-electron chi connectivity index (χ3n) is 3.30. The van der Waals surface area contributed by atoms with Gasteiger partial charge < -0.3 is 15.2 Å². The van der Waals surface area contributed by atoms with Crippen LogP contribution in [0.15, 0.2) is 30.3 Å². The number of hydrogen-bond donors (Lipinski definition) is 1. The van der Waals surface area contributed by atoms with E-state index in [-0.39, 0.29) is 37.8 Å². The van der Waals surface area contributed by atoms with Gasteiger partial charge in [-0.3, -0.25) is 9.59 Å². The topological polar surface area (TPSA) is 78.6 Å². The van der Waals surface area contributed by atoms with Gasteiger partial charge in [0.1, 0.15) is 12.6 Å². The van der Waals surface area contributed by atoms with Gasteiger partial charge in [0.2, 0.25) is 0 Å². The van der Waals surface area contributed by atoms with Crippen molar-refractivity contribution in [1.29, 1.82) is 0 Å². The fourth-order valence-corrected chi connectivity index (χ4v) is 2.48. The molecule has 0 saturated carbocycles. The largest absolute Gasteiger partial charge is 0.466 e. The predicted octanol–water partition coefficient (Wildman–Crippen LogP) is 3.14. The molecule has 0 aromatic heterocycles. The Kier molecular flexibility index (Phi) is 10.6. The van der Waals surface area contributed by atoms with Crippen LogP contribution in [0.4, 0.5) is 0 Å². The summed E-state index contributed by atoms with van der Waals surface area (Å²) in [5.41, 5.74) is 6.65. The third kappa shape index (κ3) is 10.4. The molecular formula is C17H28ClNO4Si. The van der Waals surface area contributed by atoms with Gasteiger partial charge in [-0.2, -0.15) is 0 Å². The molecule has 1 atom stereocenters. The molecule has 5 nitrogen and oxygen atoms in total. The molecule has 0 unspecified atom stereocenters. The second kappa shape index (κ2) is 11.2. The molecule has 0 aliphatic heterocycles. The highest BCUT2D eigenvalue weighted by molar-refractivity contribution is 6.76. The lowest BCUT2D eigenvalue weighted by molar-refractivity contribution is -0.147. The fraction of sp³-hybridized carbons (Fsp3) is 0.529. The van der Waals surface area contributed by atoms with Crippen molar-refractivity contribution in [2.24, 2.45) is 5.73 Å². The molecule has 24 heavy (non-hydrogen) atoms. The van der Waals surface area contributed by atoms with E-state index in [2.05, 4.69) is 19.6 Å². The van der Waals surface area contributed by atoms with E-state index in [1.54, 1.807) is 0 Å². The van der Waals surface area contributed by atoms with Gasteiger partial charge in [0.05, 0.1) is 6.61 Å². The molecule has 2 N–H and O–H groups in total. The van der Waals surface area contributed by atoms with Crippen LogP contribution in [0.5, 0.6) is 0 Å². The standard InChI is InChI=1S/C17H27NO4Si.ClH/c1-23(2,3)12-11-21-16(19)10-9-15(18)17(20)22-13-14-7-5-4-6-8-14;/h4-8,15H,9-13,18H2,1-3H3;1H/t15-;/m0./s1. The maximum Gasteiger partial charge on any atom is 0.323 e. The minimum Gasteiger partial charge on any atom is -0.466 e. The summed E-state index contributed by atoms with van der Waals surface area (Å²) in [6.45, 7) is 7.30.